The molecular weight excluding hydrogens is 281 g/mol. The summed E-state index contributed by atoms with van der Waals surface area (Å²) in [4.78, 5) is 0. The summed E-state index contributed by atoms with van der Waals surface area (Å²) in [6.07, 6.45) is 0. The molecule has 0 radical (unpaired) electrons. The van der Waals surface area contributed by atoms with Crippen LogP contribution in [0.15, 0.2) is 46.9 Å². The summed E-state index contributed by atoms with van der Waals surface area (Å²) >= 11 is 3.29. The molecule has 0 aromatic heterocycles. The van der Waals surface area contributed by atoms with Gasteiger partial charge in [0.05, 0.1) is 0 Å². The van der Waals surface area contributed by atoms with E-state index in [4.69, 9.17) is 0 Å². The Morgan fingerprint density at radius 2 is 1.94 bits per heavy atom. The van der Waals surface area contributed by atoms with Crippen LogP contribution in [0.1, 0.15) is 11.1 Å². The van der Waals surface area contributed by atoms with Gasteiger partial charge in [-0.1, -0.05) is 34.1 Å². The van der Waals surface area contributed by atoms with Crippen LogP contribution in [0.3, 0.4) is 0 Å². The number of hydrogen-bond donors (Lipinski definition) is 1. The molecule has 2 aromatic carbocycles. The summed E-state index contributed by atoms with van der Waals surface area (Å²) in [6, 6.07) is 12.9. The summed E-state index contributed by atoms with van der Waals surface area (Å²) in [6.45, 7) is 2.66. The van der Waals surface area contributed by atoms with Crippen molar-refractivity contribution in [2.24, 2.45) is 0 Å². The number of benzene rings is 2. The zero-order chi connectivity index (χ0) is 12.3. The zero-order valence-electron chi connectivity index (χ0n) is 9.50. The largest absolute Gasteiger partial charge is 0.381 e. The van der Waals surface area contributed by atoms with Crippen molar-refractivity contribution >= 4 is 21.6 Å². The van der Waals surface area contributed by atoms with Gasteiger partial charge in [-0.3, -0.25) is 0 Å². The maximum atomic E-state index is 13.2. The summed E-state index contributed by atoms with van der Waals surface area (Å²) in [7, 11) is 0. The molecule has 0 unspecified atom stereocenters. The fraction of sp³-hybridized carbons (Fsp3) is 0.143. The van der Waals surface area contributed by atoms with Gasteiger partial charge in [0, 0.05) is 16.7 Å². The summed E-state index contributed by atoms with van der Waals surface area (Å²) in [5, 5.41) is 3.30. The topological polar surface area (TPSA) is 12.0 Å². The third-order valence-electron chi connectivity index (χ3n) is 2.55. The van der Waals surface area contributed by atoms with Gasteiger partial charge in [0.1, 0.15) is 5.82 Å². The van der Waals surface area contributed by atoms with E-state index in [1.165, 1.54) is 17.7 Å². The fourth-order valence-corrected chi connectivity index (χ4v) is 2.19. The van der Waals surface area contributed by atoms with Crippen LogP contribution in [-0.2, 0) is 6.54 Å². The molecule has 1 N–H and O–H groups in total. The molecule has 0 heterocycles. The number of rotatable bonds is 3. The van der Waals surface area contributed by atoms with Crippen molar-refractivity contribution < 1.29 is 4.39 Å². The van der Waals surface area contributed by atoms with Gasteiger partial charge in [-0.15, -0.1) is 0 Å². The highest BCUT2D eigenvalue weighted by Crippen LogP contribution is 2.18. The second-order valence-electron chi connectivity index (χ2n) is 3.95. The smallest absolute Gasteiger partial charge is 0.124 e. The van der Waals surface area contributed by atoms with E-state index in [1.807, 2.05) is 37.3 Å². The number of anilines is 1. The molecule has 1 nitrogen and oxygen atoms in total. The highest BCUT2D eigenvalue weighted by atomic mass is 79.9. The van der Waals surface area contributed by atoms with Crippen molar-refractivity contribution in [1.82, 2.24) is 0 Å². The van der Waals surface area contributed by atoms with Gasteiger partial charge < -0.3 is 5.32 Å². The molecule has 3 heteroatoms. The second-order valence-corrected chi connectivity index (χ2v) is 4.86. The third-order valence-corrected chi connectivity index (χ3v) is 3.01. The lowest BCUT2D eigenvalue weighted by Gasteiger charge is -2.09. The Morgan fingerprint density at radius 3 is 2.65 bits per heavy atom. The quantitative estimate of drug-likeness (QED) is 0.878. The Hall–Kier alpha value is -1.35. The third kappa shape index (κ3) is 3.30. The average Bonchev–Trinajstić information content (AvgIpc) is 2.27. The molecule has 0 fully saturated rings. The first-order chi connectivity index (χ1) is 8.15. The first-order valence-corrected chi connectivity index (χ1v) is 6.19. The summed E-state index contributed by atoms with van der Waals surface area (Å²) < 4.78 is 13.9. The van der Waals surface area contributed by atoms with E-state index in [0.717, 1.165) is 15.7 Å². The average molecular weight is 294 g/mol. The minimum Gasteiger partial charge on any atom is -0.381 e. The number of aryl methyl sites for hydroxylation is 1. The van der Waals surface area contributed by atoms with Crippen molar-refractivity contribution in [2.75, 3.05) is 5.32 Å². The van der Waals surface area contributed by atoms with E-state index in [-0.39, 0.29) is 5.82 Å². The van der Waals surface area contributed by atoms with Crippen LogP contribution >= 0.6 is 15.9 Å². The Bertz CT molecular complexity index is 505. The highest BCUT2D eigenvalue weighted by Gasteiger charge is 2.00. The van der Waals surface area contributed by atoms with Crippen LogP contribution in [0.5, 0.6) is 0 Å². The highest BCUT2D eigenvalue weighted by molar-refractivity contribution is 9.10. The first-order valence-electron chi connectivity index (χ1n) is 5.39. The Labute approximate surface area is 109 Å². The predicted octanol–water partition coefficient (Wildman–Crippen LogP) is 4.51. The molecule has 2 rings (SSSR count). The van der Waals surface area contributed by atoms with Crippen LogP contribution in [-0.4, -0.2) is 0 Å². The minimum atomic E-state index is -0.221. The van der Waals surface area contributed by atoms with Crippen molar-refractivity contribution in [2.45, 2.75) is 13.5 Å². The standard InChI is InChI=1S/C14H13BrFN/c1-10-4-2-3-5-14(10)17-9-11-6-12(15)8-13(16)7-11/h2-8,17H,9H2,1H3. The SMILES string of the molecule is Cc1ccccc1NCc1cc(F)cc(Br)c1. The van der Waals surface area contributed by atoms with Crippen LogP contribution in [0.2, 0.25) is 0 Å². The Morgan fingerprint density at radius 1 is 1.18 bits per heavy atom. The van der Waals surface area contributed by atoms with Crippen LogP contribution in [0, 0.1) is 12.7 Å². The lowest BCUT2D eigenvalue weighted by Crippen LogP contribution is -2.01. The van der Waals surface area contributed by atoms with E-state index in [0.29, 0.717) is 6.54 Å². The molecule has 17 heavy (non-hydrogen) atoms. The molecule has 0 aliphatic heterocycles. The molecule has 0 atom stereocenters. The summed E-state index contributed by atoms with van der Waals surface area (Å²) in [5.74, 6) is -0.221. The van der Waals surface area contributed by atoms with Crippen LogP contribution in [0.4, 0.5) is 10.1 Å². The molecule has 0 saturated carbocycles. The minimum absolute atomic E-state index is 0.221. The lowest BCUT2D eigenvalue weighted by atomic mass is 10.2. The van der Waals surface area contributed by atoms with Crippen LogP contribution in [0.25, 0.3) is 0 Å². The Balaban J connectivity index is 2.10. The van der Waals surface area contributed by atoms with E-state index >= 15 is 0 Å². The fourth-order valence-electron chi connectivity index (χ4n) is 1.68. The van der Waals surface area contributed by atoms with E-state index in [1.54, 1.807) is 0 Å². The molecule has 0 spiro atoms. The van der Waals surface area contributed by atoms with Gasteiger partial charge in [0.2, 0.25) is 0 Å². The van der Waals surface area contributed by atoms with Gasteiger partial charge in [-0.25, -0.2) is 4.39 Å². The predicted molar refractivity (Wildman–Crippen MR) is 72.6 cm³/mol. The first kappa shape index (κ1) is 12.1. The lowest BCUT2D eigenvalue weighted by molar-refractivity contribution is 0.625. The molecule has 2 aromatic rings. The van der Waals surface area contributed by atoms with E-state index < -0.39 is 0 Å². The maximum absolute atomic E-state index is 13.2. The second kappa shape index (κ2) is 5.32. The number of nitrogens with one attached hydrogen (secondary N) is 1. The monoisotopic (exact) mass is 293 g/mol. The van der Waals surface area contributed by atoms with Crippen molar-refractivity contribution in [1.29, 1.82) is 0 Å². The number of halogens is 2. The molecular formula is C14H13BrFN. The maximum Gasteiger partial charge on any atom is 0.124 e. The normalized spacial score (nSPS) is 10.3. The van der Waals surface area contributed by atoms with E-state index in [9.17, 15) is 4.39 Å². The van der Waals surface area contributed by atoms with Gasteiger partial charge in [0.15, 0.2) is 0 Å². The van der Waals surface area contributed by atoms with Gasteiger partial charge in [-0.05, 0) is 42.3 Å². The van der Waals surface area contributed by atoms with Crippen LogP contribution < -0.4 is 5.32 Å². The van der Waals surface area contributed by atoms with Crippen molar-refractivity contribution in [3.05, 3.63) is 63.9 Å². The van der Waals surface area contributed by atoms with Crippen molar-refractivity contribution in [3.63, 3.8) is 0 Å². The molecule has 0 saturated heterocycles. The van der Waals surface area contributed by atoms with Crippen molar-refractivity contribution in [3.8, 4) is 0 Å². The molecule has 88 valence electrons. The number of para-hydroxylation sites is 1. The van der Waals surface area contributed by atoms with Gasteiger partial charge >= 0.3 is 0 Å². The molecule has 0 amide bonds. The van der Waals surface area contributed by atoms with Gasteiger partial charge in [-0.2, -0.15) is 0 Å². The summed E-state index contributed by atoms with van der Waals surface area (Å²) in [5.41, 5.74) is 3.18. The zero-order valence-corrected chi connectivity index (χ0v) is 11.1. The molecule has 0 aliphatic rings. The molecule has 0 bridgehead atoms. The number of hydrogen-bond acceptors (Lipinski definition) is 1. The Kier molecular flexibility index (Phi) is 3.79. The van der Waals surface area contributed by atoms with Gasteiger partial charge in [0.25, 0.3) is 0 Å². The molecule has 0 aliphatic carbocycles. The van der Waals surface area contributed by atoms with E-state index in [2.05, 4.69) is 21.2 Å².